The Morgan fingerprint density at radius 2 is 2.14 bits per heavy atom. The SMILES string of the molecule is C=CCOC(=O)NC(Cc1cncc(C(F)(F)F)c1)C(=O)O. The number of nitrogens with one attached hydrogen (secondary N) is 1. The largest absolute Gasteiger partial charge is 0.480 e. The Morgan fingerprint density at radius 1 is 1.45 bits per heavy atom. The molecule has 0 fully saturated rings. The quantitative estimate of drug-likeness (QED) is 0.783. The zero-order chi connectivity index (χ0) is 16.8. The molecule has 1 amide bonds. The van der Waals surface area contributed by atoms with Crippen molar-refractivity contribution in [1.29, 1.82) is 0 Å². The molecular formula is C13H13F3N2O4. The third-order valence-corrected chi connectivity index (χ3v) is 2.48. The number of carbonyl (C=O) groups excluding carboxylic acids is 1. The van der Waals surface area contributed by atoms with Crippen molar-refractivity contribution in [2.75, 3.05) is 6.61 Å². The molecular weight excluding hydrogens is 305 g/mol. The first-order chi connectivity index (χ1) is 10.2. The van der Waals surface area contributed by atoms with Gasteiger partial charge < -0.3 is 15.2 Å². The van der Waals surface area contributed by atoms with E-state index in [9.17, 15) is 22.8 Å². The van der Waals surface area contributed by atoms with Crippen LogP contribution < -0.4 is 5.32 Å². The van der Waals surface area contributed by atoms with E-state index in [4.69, 9.17) is 5.11 Å². The number of amides is 1. The van der Waals surface area contributed by atoms with Crippen LogP contribution in [0.3, 0.4) is 0 Å². The first kappa shape index (κ1) is 17.5. The van der Waals surface area contributed by atoms with E-state index in [1.165, 1.54) is 6.08 Å². The molecule has 22 heavy (non-hydrogen) atoms. The van der Waals surface area contributed by atoms with Gasteiger partial charge in [0.05, 0.1) is 5.56 Å². The predicted octanol–water partition coefficient (Wildman–Crippen LogP) is 2.01. The number of halogens is 3. The second-order valence-corrected chi connectivity index (χ2v) is 4.21. The van der Waals surface area contributed by atoms with Crippen LogP contribution in [-0.4, -0.2) is 34.8 Å². The van der Waals surface area contributed by atoms with Crippen molar-refractivity contribution in [3.63, 3.8) is 0 Å². The van der Waals surface area contributed by atoms with Crippen LogP contribution in [-0.2, 0) is 22.1 Å². The lowest BCUT2D eigenvalue weighted by molar-refractivity contribution is -0.139. The highest BCUT2D eigenvalue weighted by molar-refractivity contribution is 5.80. The molecule has 0 aliphatic heterocycles. The molecule has 0 aromatic carbocycles. The van der Waals surface area contributed by atoms with E-state index in [2.05, 4.69) is 16.3 Å². The van der Waals surface area contributed by atoms with Gasteiger partial charge in [0.1, 0.15) is 12.6 Å². The average molecular weight is 318 g/mol. The Kier molecular flexibility index (Phi) is 5.90. The molecule has 6 nitrogen and oxygen atoms in total. The maximum Gasteiger partial charge on any atom is 0.417 e. The molecule has 0 radical (unpaired) electrons. The van der Waals surface area contributed by atoms with Crippen LogP contribution in [0.25, 0.3) is 0 Å². The van der Waals surface area contributed by atoms with Crippen molar-refractivity contribution >= 4 is 12.1 Å². The summed E-state index contributed by atoms with van der Waals surface area (Å²) >= 11 is 0. The normalized spacial score (nSPS) is 12.3. The predicted molar refractivity (Wildman–Crippen MR) is 69.0 cm³/mol. The number of hydrogen-bond acceptors (Lipinski definition) is 4. The third kappa shape index (κ3) is 5.43. The lowest BCUT2D eigenvalue weighted by atomic mass is 10.1. The van der Waals surface area contributed by atoms with Crippen LogP contribution in [0.15, 0.2) is 31.1 Å². The highest BCUT2D eigenvalue weighted by Crippen LogP contribution is 2.29. The minimum atomic E-state index is -4.59. The number of pyridine rings is 1. The Labute approximate surface area is 123 Å². The number of alkyl halides is 3. The number of carbonyl (C=O) groups is 2. The fourth-order valence-corrected chi connectivity index (χ4v) is 1.51. The molecule has 1 unspecified atom stereocenters. The van der Waals surface area contributed by atoms with E-state index in [1.54, 1.807) is 0 Å². The molecule has 0 saturated heterocycles. The molecule has 2 N–H and O–H groups in total. The molecule has 120 valence electrons. The first-order valence-electron chi connectivity index (χ1n) is 6.02. The summed E-state index contributed by atoms with van der Waals surface area (Å²) in [5.41, 5.74) is -0.977. The van der Waals surface area contributed by atoms with Crippen molar-refractivity contribution in [1.82, 2.24) is 10.3 Å². The number of aliphatic carboxylic acids is 1. The summed E-state index contributed by atoms with van der Waals surface area (Å²) in [6.45, 7) is 3.19. The summed E-state index contributed by atoms with van der Waals surface area (Å²) in [5, 5.41) is 11.0. The van der Waals surface area contributed by atoms with Gasteiger partial charge in [-0.1, -0.05) is 12.7 Å². The number of ether oxygens (including phenoxy) is 1. The molecule has 0 bridgehead atoms. The second kappa shape index (κ2) is 7.43. The summed E-state index contributed by atoms with van der Waals surface area (Å²) < 4.78 is 42.2. The zero-order valence-corrected chi connectivity index (χ0v) is 11.3. The number of aromatic nitrogens is 1. The number of rotatable bonds is 6. The van der Waals surface area contributed by atoms with Gasteiger partial charge in [0.15, 0.2) is 0 Å². The highest BCUT2D eigenvalue weighted by atomic mass is 19.4. The molecule has 0 aliphatic carbocycles. The van der Waals surface area contributed by atoms with Crippen molar-refractivity contribution in [2.24, 2.45) is 0 Å². The average Bonchev–Trinajstić information content (AvgIpc) is 2.43. The van der Waals surface area contributed by atoms with Gasteiger partial charge in [0.2, 0.25) is 0 Å². The lowest BCUT2D eigenvalue weighted by Gasteiger charge is -2.15. The fourth-order valence-electron chi connectivity index (χ4n) is 1.51. The Hall–Kier alpha value is -2.58. The van der Waals surface area contributed by atoms with E-state index in [-0.39, 0.29) is 18.6 Å². The van der Waals surface area contributed by atoms with Crippen LogP contribution in [0, 0.1) is 0 Å². The van der Waals surface area contributed by atoms with Gasteiger partial charge in [-0.2, -0.15) is 13.2 Å². The topological polar surface area (TPSA) is 88.5 Å². The number of carboxylic acids is 1. The van der Waals surface area contributed by atoms with Gasteiger partial charge in [-0.05, 0) is 11.6 Å². The minimum Gasteiger partial charge on any atom is -0.480 e. The van der Waals surface area contributed by atoms with E-state index < -0.39 is 29.8 Å². The third-order valence-electron chi connectivity index (χ3n) is 2.48. The molecule has 1 aromatic heterocycles. The number of alkyl carbamates (subject to hydrolysis) is 1. The van der Waals surface area contributed by atoms with E-state index in [0.29, 0.717) is 6.20 Å². The monoisotopic (exact) mass is 318 g/mol. The van der Waals surface area contributed by atoms with E-state index >= 15 is 0 Å². The number of hydrogen-bond donors (Lipinski definition) is 2. The molecule has 1 aromatic rings. The van der Waals surface area contributed by atoms with Crippen molar-refractivity contribution in [3.05, 3.63) is 42.2 Å². The molecule has 1 heterocycles. The van der Waals surface area contributed by atoms with E-state index in [1.807, 2.05) is 5.32 Å². The second-order valence-electron chi connectivity index (χ2n) is 4.21. The Bertz CT molecular complexity index is 560. The summed E-state index contributed by atoms with van der Waals surface area (Å²) in [7, 11) is 0. The summed E-state index contributed by atoms with van der Waals surface area (Å²) in [6, 6.07) is -0.665. The number of nitrogens with zero attached hydrogens (tertiary/aromatic N) is 1. The van der Waals surface area contributed by atoms with Crippen LogP contribution >= 0.6 is 0 Å². The Morgan fingerprint density at radius 3 is 2.68 bits per heavy atom. The van der Waals surface area contributed by atoms with Crippen molar-refractivity contribution in [3.8, 4) is 0 Å². The van der Waals surface area contributed by atoms with E-state index in [0.717, 1.165) is 12.3 Å². The summed E-state index contributed by atoms with van der Waals surface area (Å²) in [5.74, 6) is -1.41. The highest BCUT2D eigenvalue weighted by Gasteiger charge is 2.31. The molecule has 0 aliphatic rings. The molecule has 0 spiro atoms. The van der Waals surface area contributed by atoms with Crippen LogP contribution in [0.4, 0.5) is 18.0 Å². The maximum absolute atomic E-state index is 12.6. The fraction of sp³-hybridized carbons (Fsp3) is 0.308. The lowest BCUT2D eigenvalue weighted by Crippen LogP contribution is -2.42. The molecule has 9 heteroatoms. The van der Waals surface area contributed by atoms with Gasteiger partial charge in [-0.25, -0.2) is 9.59 Å². The maximum atomic E-state index is 12.6. The first-order valence-corrected chi connectivity index (χ1v) is 6.02. The van der Waals surface area contributed by atoms with Crippen molar-refractivity contribution < 1.29 is 32.6 Å². The molecule has 1 rings (SSSR count). The molecule has 1 atom stereocenters. The van der Waals surface area contributed by atoms with Crippen LogP contribution in [0.5, 0.6) is 0 Å². The van der Waals surface area contributed by atoms with Gasteiger partial charge in [-0.3, -0.25) is 4.98 Å². The zero-order valence-electron chi connectivity index (χ0n) is 11.3. The van der Waals surface area contributed by atoms with Gasteiger partial charge in [-0.15, -0.1) is 0 Å². The van der Waals surface area contributed by atoms with Crippen LogP contribution in [0.1, 0.15) is 11.1 Å². The summed E-state index contributed by atoms with van der Waals surface area (Å²) in [4.78, 5) is 25.8. The number of carboxylic acid groups (broad SMARTS) is 1. The Balaban J connectivity index is 2.81. The van der Waals surface area contributed by atoms with Crippen molar-refractivity contribution in [2.45, 2.75) is 18.6 Å². The smallest absolute Gasteiger partial charge is 0.417 e. The minimum absolute atomic E-state index is 0.0197. The van der Waals surface area contributed by atoms with Gasteiger partial charge >= 0.3 is 18.2 Å². The summed E-state index contributed by atoms with van der Waals surface area (Å²) in [6.07, 6.45) is -2.95. The van der Waals surface area contributed by atoms with Gasteiger partial charge in [0, 0.05) is 18.8 Å². The molecule has 0 saturated carbocycles. The standard InChI is InChI=1S/C13H13F3N2O4/c1-2-3-22-12(21)18-10(11(19)20)5-8-4-9(7-17-6-8)13(14,15)16/h2,4,6-7,10H,1,3,5H2,(H,18,21)(H,19,20). The van der Waals surface area contributed by atoms with Crippen LogP contribution in [0.2, 0.25) is 0 Å². The van der Waals surface area contributed by atoms with Gasteiger partial charge in [0.25, 0.3) is 0 Å².